The second-order valence-electron chi connectivity index (χ2n) is 7.26. The van der Waals surface area contributed by atoms with Crippen LogP contribution >= 0.6 is 0 Å². The Labute approximate surface area is 155 Å². The van der Waals surface area contributed by atoms with E-state index in [0.717, 1.165) is 29.7 Å². The number of carbonyl (C=O) groups excluding carboxylic acids is 2. The maximum atomic E-state index is 13.2. The number of carbonyl (C=O) groups is 2. The smallest absolute Gasteiger partial charge is 0.254 e. The van der Waals surface area contributed by atoms with Gasteiger partial charge in [-0.15, -0.1) is 0 Å². The molecule has 4 nitrogen and oxygen atoms in total. The van der Waals surface area contributed by atoms with Crippen LogP contribution in [0.25, 0.3) is 0 Å². The summed E-state index contributed by atoms with van der Waals surface area (Å²) in [6.45, 7) is 6.51. The van der Waals surface area contributed by atoms with E-state index in [9.17, 15) is 9.59 Å². The molecule has 0 bridgehead atoms. The summed E-state index contributed by atoms with van der Waals surface area (Å²) in [4.78, 5) is 28.0. The first kappa shape index (κ1) is 18.2. The highest BCUT2D eigenvalue weighted by Crippen LogP contribution is 2.31. The number of nitrogens with one attached hydrogen (secondary N) is 1. The van der Waals surface area contributed by atoms with Crippen LogP contribution in [0.1, 0.15) is 47.7 Å². The van der Waals surface area contributed by atoms with Crippen LogP contribution in [-0.4, -0.2) is 28.8 Å². The Hall–Kier alpha value is -2.62. The van der Waals surface area contributed by atoms with Crippen LogP contribution in [0.5, 0.6) is 0 Å². The minimum Gasteiger partial charge on any atom is -0.324 e. The molecule has 2 aromatic carbocycles. The van der Waals surface area contributed by atoms with Crippen molar-refractivity contribution in [3.05, 3.63) is 65.2 Å². The largest absolute Gasteiger partial charge is 0.324 e. The number of hydrogen-bond acceptors (Lipinski definition) is 2. The predicted molar refractivity (Wildman–Crippen MR) is 104 cm³/mol. The van der Waals surface area contributed by atoms with Gasteiger partial charge in [0.1, 0.15) is 5.54 Å². The molecule has 0 radical (unpaired) electrons. The second kappa shape index (κ2) is 7.32. The molecule has 1 atom stereocenters. The summed E-state index contributed by atoms with van der Waals surface area (Å²) in [7, 11) is 0. The predicted octanol–water partition coefficient (Wildman–Crippen LogP) is 4.33. The molecule has 2 aromatic rings. The van der Waals surface area contributed by atoms with Gasteiger partial charge in [-0.3, -0.25) is 9.59 Å². The molecule has 0 spiro atoms. The first-order chi connectivity index (χ1) is 12.4. The van der Waals surface area contributed by atoms with Crippen molar-refractivity contribution in [2.45, 2.75) is 45.6 Å². The van der Waals surface area contributed by atoms with Gasteiger partial charge in [0.05, 0.1) is 0 Å². The molecule has 2 amide bonds. The van der Waals surface area contributed by atoms with Gasteiger partial charge in [-0.1, -0.05) is 30.3 Å². The number of likely N-dealkylation sites (tertiary alicyclic amines) is 1. The van der Waals surface area contributed by atoms with E-state index >= 15 is 0 Å². The Kier molecular flexibility index (Phi) is 5.12. The highest BCUT2D eigenvalue weighted by atomic mass is 16.2. The Bertz CT molecular complexity index is 816. The van der Waals surface area contributed by atoms with Crippen molar-refractivity contribution in [3.63, 3.8) is 0 Å². The van der Waals surface area contributed by atoms with Crippen LogP contribution in [0.4, 0.5) is 5.69 Å². The van der Waals surface area contributed by atoms with E-state index in [1.54, 1.807) is 17.0 Å². The number of rotatable bonds is 3. The van der Waals surface area contributed by atoms with Crippen LogP contribution < -0.4 is 5.32 Å². The lowest BCUT2D eigenvalue weighted by atomic mass is 9.86. The third-order valence-electron chi connectivity index (χ3n) is 5.50. The van der Waals surface area contributed by atoms with Crippen LogP contribution in [0.15, 0.2) is 48.5 Å². The lowest BCUT2D eigenvalue weighted by molar-refractivity contribution is -0.127. The van der Waals surface area contributed by atoms with Crippen molar-refractivity contribution in [3.8, 4) is 0 Å². The normalized spacial score (nSPS) is 19.9. The summed E-state index contributed by atoms with van der Waals surface area (Å²) in [5.41, 5.74) is 2.78. The summed E-state index contributed by atoms with van der Waals surface area (Å²) >= 11 is 0. The average molecular weight is 350 g/mol. The first-order valence-corrected chi connectivity index (χ1v) is 9.18. The number of amides is 2. The molecule has 136 valence electrons. The van der Waals surface area contributed by atoms with Crippen LogP contribution in [-0.2, 0) is 4.79 Å². The Morgan fingerprint density at radius 2 is 1.73 bits per heavy atom. The zero-order valence-corrected chi connectivity index (χ0v) is 15.7. The maximum Gasteiger partial charge on any atom is 0.254 e. The van der Waals surface area contributed by atoms with Crippen molar-refractivity contribution in [2.24, 2.45) is 0 Å². The zero-order valence-electron chi connectivity index (χ0n) is 15.7. The van der Waals surface area contributed by atoms with Crippen LogP contribution in [0, 0.1) is 13.8 Å². The van der Waals surface area contributed by atoms with Crippen LogP contribution in [0.2, 0.25) is 0 Å². The fourth-order valence-corrected chi connectivity index (χ4v) is 3.56. The molecule has 26 heavy (non-hydrogen) atoms. The summed E-state index contributed by atoms with van der Waals surface area (Å²) in [6.07, 6.45) is 2.53. The van der Waals surface area contributed by atoms with Gasteiger partial charge in [0.25, 0.3) is 5.91 Å². The molecule has 0 unspecified atom stereocenters. The molecule has 1 heterocycles. The number of nitrogens with zero attached hydrogens (tertiary/aromatic N) is 1. The quantitative estimate of drug-likeness (QED) is 0.896. The second-order valence-corrected chi connectivity index (χ2v) is 7.26. The number of benzene rings is 2. The molecule has 0 aromatic heterocycles. The zero-order chi connectivity index (χ0) is 18.7. The molecule has 0 saturated carbocycles. The summed E-state index contributed by atoms with van der Waals surface area (Å²) in [6, 6.07) is 15.1. The summed E-state index contributed by atoms with van der Waals surface area (Å²) < 4.78 is 0. The van der Waals surface area contributed by atoms with Crippen LogP contribution in [0.3, 0.4) is 0 Å². The number of anilines is 1. The average Bonchev–Trinajstić information content (AvgIpc) is 2.66. The fraction of sp³-hybridized carbons (Fsp3) is 0.364. The molecule has 1 N–H and O–H groups in total. The lowest BCUT2D eigenvalue weighted by Crippen LogP contribution is -2.59. The first-order valence-electron chi connectivity index (χ1n) is 9.18. The molecule has 1 fully saturated rings. The lowest BCUT2D eigenvalue weighted by Gasteiger charge is -2.43. The SMILES string of the molecule is Cc1cccc(NC(=O)[C@@]2(C)CCCCN2C(=O)c2ccccc2)c1C. The molecule has 3 rings (SSSR count). The van der Waals surface area contributed by atoms with Gasteiger partial charge >= 0.3 is 0 Å². The van der Waals surface area contributed by atoms with Crippen molar-refractivity contribution >= 4 is 17.5 Å². The Morgan fingerprint density at radius 1 is 1.00 bits per heavy atom. The minimum atomic E-state index is -0.846. The summed E-state index contributed by atoms with van der Waals surface area (Å²) in [5.74, 6) is -0.195. The van der Waals surface area contributed by atoms with E-state index < -0.39 is 5.54 Å². The monoisotopic (exact) mass is 350 g/mol. The van der Waals surface area contributed by atoms with Crippen molar-refractivity contribution in [1.29, 1.82) is 0 Å². The number of hydrogen-bond donors (Lipinski definition) is 1. The highest BCUT2D eigenvalue weighted by molar-refractivity contribution is 6.04. The van der Waals surface area contributed by atoms with Crippen molar-refractivity contribution in [1.82, 2.24) is 4.90 Å². The van der Waals surface area contributed by atoms with Crippen molar-refractivity contribution in [2.75, 3.05) is 11.9 Å². The molecule has 1 aliphatic rings. The molecule has 1 aliphatic heterocycles. The topological polar surface area (TPSA) is 49.4 Å². The van der Waals surface area contributed by atoms with E-state index in [-0.39, 0.29) is 11.8 Å². The van der Waals surface area contributed by atoms with E-state index in [1.807, 2.05) is 57.2 Å². The van der Waals surface area contributed by atoms with Gasteiger partial charge in [-0.2, -0.15) is 0 Å². The molecule has 0 aliphatic carbocycles. The number of aryl methyl sites for hydroxylation is 1. The molecule has 1 saturated heterocycles. The van der Waals surface area contributed by atoms with Gasteiger partial charge in [0.2, 0.25) is 5.91 Å². The number of piperidine rings is 1. The molecular weight excluding hydrogens is 324 g/mol. The van der Waals surface area contributed by atoms with E-state index in [0.29, 0.717) is 18.5 Å². The van der Waals surface area contributed by atoms with Gasteiger partial charge < -0.3 is 10.2 Å². The Balaban J connectivity index is 1.88. The van der Waals surface area contributed by atoms with E-state index in [4.69, 9.17) is 0 Å². The highest BCUT2D eigenvalue weighted by Gasteiger charge is 2.44. The maximum absolute atomic E-state index is 13.2. The third-order valence-corrected chi connectivity index (χ3v) is 5.50. The fourth-order valence-electron chi connectivity index (χ4n) is 3.56. The Morgan fingerprint density at radius 3 is 2.46 bits per heavy atom. The van der Waals surface area contributed by atoms with E-state index in [1.165, 1.54) is 0 Å². The van der Waals surface area contributed by atoms with Gasteiger partial charge in [0, 0.05) is 17.8 Å². The summed E-state index contributed by atoms with van der Waals surface area (Å²) in [5, 5.41) is 3.06. The molecular formula is C22H26N2O2. The van der Waals surface area contributed by atoms with Gasteiger partial charge in [0.15, 0.2) is 0 Å². The van der Waals surface area contributed by atoms with Crippen molar-refractivity contribution < 1.29 is 9.59 Å². The van der Waals surface area contributed by atoms with E-state index in [2.05, 4.69) is 5.32 Å². The minimum absolute atomic E-state index is 0.0797. The van der Waals surface area contributed by atoms with Gasteiger partial charge in [-0.05, 0) is 69.4 Å². The molecule has 4 heteroatoms. The third kappa shape index (κ3) is 3.36. The standard InChI is InChI=1S/C22H26N2O2/c1-16-10-9-13-19(17(16)2)23-21(26)22(3)14-7-8-15-24(22)20(25)18-11-5-4-6-12-18/h4-6,9-13H,7-8,14-15H2,1-3H3,(H,23,26)/t22-/m1/s1. The van der Waals surface area contributed by atoms with Gasteiger partial charge in [-0.25, -0.2) is 0 Å².